The molecule has 0 spiro atoms. The third kappa shape index (κ3) is 3.36. The maximum Gasteiger partial charge on any atom is 0.283 e. The number of hydrogen-bond donors (Lipinski definition) is 0. The van der Waals surface area contributed by atoms with Crippen LogP contribution in [0.1, 0.15) is 23.6 Å². The van der Waals surface area contributed by atoms with E-state index in [1.54, 1.807) is 26.0 Å². The zero-order valence-corrected chi connectivity index (χ0v) is 13.9. The van der Waals surface area contributed by atoms with Gasteiger partial charge in [-0.3, -0.25) is 0 Å². The summed E-state index contributed by atoms with van der Waals surface area (Å²) in [6.07, 6.45) is 6.22. The molecule has 0 saturated carbocycles. The van der Waals surface area contributed by atoms with Crippen LogP contribution in [0.4, 0.5) is 0 Å². The van der Waals surface area contributed by atoms with E-state index < -0.39 is 10.0 Å². The minimum Gasteiger partial charge on any atom is -0.875 e. The highest BCUT2D eigenvalue weighted by Crippen LogP contribution is 2.24. The standard InChI is InChI=1S/C17H19NO3S/c1-11-9-12(2)17(13(3)10-11)22(20,21)18-16-7-5-15(6-8-16)14(4)19/h5-10,19H,1-4H3/p-1. The number of hydrogen-bond acceptors (Lipinski definition) is 3. The molecule has 0 amide bonds. The molecule has 0 radical (unpaired) electrons. The zero-order chi connectivity index (χ0) is 16.5. The fourth-order valence-corrected chi connectivity index (χ4v) is 3.94. The van der Waals surface area contributed by atoms with E-state index in [0.717, 1.165) is 5.56 Å². The fourth-order valence-electron chi connectivity index (χ4n) is 2.52. The first kappa shape index (κ1) is 16.2. The number of allylic oxidation sites excluding steroid dienone is 6. The Hall–Kier alpha value is -2.14. The predicted molar refractivity (Wildman–Crippen MR) is 86.3 cm³/mol. The van der Waals surface area contributed by atoms with Gasteiger partial charge in [-0.25, -0.2) is 0 Å². The monoisotopic (exact) mass is 316 g/mol. The highest BCUT2D eigenvalue weighted by Gasteiger charge is 2.19. The number of benzene rings is 1. The van der Waals surface area contributed by atoms with Gasteiger partial charge in [0.05, 0.1) is 10.6 Å². The van der Waals surface area contributed by atoms with Crippen LogP contribution in [0.15, 0.2) is 57.1 Å². The second kappa shape index (κ2) is 5.93. The molecule has 1 aromatic carbocycles. The third-order valence-electron chi connectivity index (χ3n) is 3.36. The summed E-state index contributed by atoms with van der Waals surface area (Å²) in [5.74, 6) is -0.0698. The fraction of sp³-hybridized carbons (Fsp3) is 0.235. The van der Waals surface area contributed by atoms with Gasteiger partial charge >= 0.3 is 0 Å². The van der Waals surface area contributed by atoms with Gasteiger partial charge in [-0.05, 0) is 49.6 Å². The second-order valence-corrected chi connectivity index (χ2v) is 6.94. The van der Waals surface area contributed by atoms with Crippen LogP contribution in [0.3, 0.4) is 0 Å². The third-order valence-corrected chi connectivity index (χ3v) is 4.97. The van der Waals surface area contributed by atoms with E-state index >= 15 is 0 Å². The van der Waals surface area contributed by atoms with Crippen LogP contribution in [0.2, 0.25) is 0 Å². The van der Waals surface area contributed by atoms with Gasteiger partial charge in [-0.2, -0.15) is 12.8 Å². The largest absolute Gasteiger partial charge is 0.875 e. The molecule has 1 aliphatic carbocycles. The van der Waals surface area contributed by atoms with E-state index in [1.165, 1.54) is 19.1 Å². The molecule has 4 nitrogen and oxygen atoms in total. The normalized spacial score (nSPS) is 14.4. The Morgan fingerprint density at radius 2 is 1.50 bits per heavy atom. The van der Waals surface area contributed by atoms with Gasteiger partial charge in [-0.15, -0.1) is 5.76 Å². The lowest BCUT2D eigenvalue weighted by atomic mass is 10.1. The molecular weight excluding hydrogens is 298 g/mol. The molecule has 0 fully saturated rings. The lowest BCUT2D eigenvalue weighted by molar-refractivity contribution is -0.302. The van der Waals surface area contributed by atoms with Gasteiger partial charge in [0.15, 0.2) is 0 Å². The van der Waals surface area contributed by atoms with Crippen molar-refractivity contribution in [1.82, 2.24) is 0 Å². The Morgan fingerprint density at radius 3 is 1.95 bits per heavy atom. The van der Waals surface area contributed by atoms with Crippen LogP contribution in [-0.2, 0) is 10.0 Å². The molecule has 116 valence electrons. The molecule has 0 bridgehead atoms. The van der Waals surface area contributed by atoms with Crippen molar-refractivity contribution in [1.29, 1.82) is 0 Å². The zero-order valence-electron chi connectivity index (χ0n) is 13.0. The Morgan fingerprint density at radius 1 is 1.00 bits per heavy atom. The molecule has 0 N–H and O–H groups in total. The minimum absolute atomic E-state index is 0.0698. The van der Waals surface area contributed by atoms with Gasteiger partial charge in [0.1, 0.15) is 0 Å². The summed E-state index contributed by atoms with van der Waals surface area (Å²) < 4.78 is 29.0. The molecule has 0 unspecified atom stereocenters. The van der Waals surface area contributed by atoms with Crippen LogP contribution >= 0.6 is 0 Å². The number of aryl methyl sites for hydroxylation is 3. The highest BCUT2D eigenvalue weighted by atomic mass is 32.2. The maximum absolute atomic E-state index is 12.5. The van der Waals surface area contributed by atoms with Crippen LogP contribution in [0, 0.1) is 20.8 Å². The Kier molecular flexibility index (Phi) is 4.37. The number of nitrogens with zero attached hydrogens (tertiary/aromatic N) is 1. The van der Waals surface area contributed by atoms with E-state index in [0.29, 0.717) is 22.4 Å². The molecule has 1 aliphatic rings. The van der Waals surface area contributed by atoms with Crippen molar-refractivity contribution in [3.63, 3.8) is 0 Å². The molecule has 0 atom stereocenters. The van der Waals surface area contributed by atoms with Crippen LogP contribution in [-0.4, -0.2) is 14.1 Å². The second-order valence-electron chi connectivity index (χ2n) is 5.40. The lowest BCUT2D eigenvalue weighted by Gasteiger charge is -2.12. The molecule has 0 heterocycles. The Labute approximate surface area is 131 Å². The number of rotatable bonds is 2. The molecular formula is C17H18NO3S-. The summed E-state index contributed by atoms with van der Waals surface area (Å²) in [6, 6.07) is 3.66. The molecule has 5 heteroatoms. The van der Waals surface area contributed by atoms with E-state index in [-0.39, 0.29) is 10.7 Å². The summed E-state index contributed by atoms with van der Waals surface area (Å²) in [5.41, 5.74) is 3.21. The van der Waals surface area contributed by atoms with Gasteiger partial charge in [0, 0.05) is 0 Å². The summed E-state index contributed by atoms with van der Waals surface area (Å²) in [7, 11) is -3.78. The summed E-state index contributed by atoms with van der Waals surface area (Å²) in [5, 5.41) is 11.2. The quantitative estimate of drug-likeness (QED) is 0.787. The summed E-state index contributed by atoms with van der Waals surface area (Å²) >= 11 is 0. The first-order valence-electron chi connectivity index (χ1n) is 6.87. The van der Waals surface area contributed by atoms with Crippen molar-refractivity contribution < 1.29 is 13.5 Å². The average molecular weight is 316 g/mol. The van der Waals surface area contributed by atoms with E-state index in [2.05, 4.69) is 4.40 Å². The van der Waals surface area contributed by atoms with Crippen molar-refractivity contribution in [3.8, 4) is 0 Å². The van der Waals surface area contributed by atoms with Gasteiger partial charge < -0.3 is 5.11 Å². The number of sulfonamides is 1. The highest BCUT2D eigenvalue weighted by molar-refractivity contribution is 7.90. The molecule has 0 aliphatic heterocycles. The van der Waals surface area contributed by atoms with E-state index in [4.69, 9.17) is 0 Å². The van der Waals surface area contributed by atoms with Gasteiger partial charge in [0.25, 0.3) is 10.0 Å². The van der Waals surface area contributed by atoms with Crippen LogP contribution in [0.25, 0.3) is 0 Å². The van der Waals surface area contributed by atoms with Crippen molar-refractivity contribution in [2.45, 2.75) is 32.6 Å². The Balaban J connectivity index is 2.47. The predicted octanol–water partition coefficient (Wildman–Crippen LogP) is 2.50. The van der Waals surface area contributed by atoms with Crippen LogP contribution < -0.4 is 5.11 Å². The first-order chi connectivity index (χ1) is 10.2. The molecule has 2 rings (SSSR count). The van der Waals surface area contributed by atoms with E-state index in [9.17, 15) is 13.5 Å². The maximum atomic E-state index is 12.5. The van der Waals surface area contributed by atoms with Crippen molar-refractivity contribution in [2.75, 3.05) is 0 Å². The first-order valence-corrected chi connectivity index (χ1v) is 8.31. The summed E-state index contributed by atoms with van der Waals surface area (Å²) in [4.78, 5) is 0.244. The minimum atomic E-state index is -3.78. The topological polar surface area (TPSA) is 69.6 Å². The van der Waals surface area contributed by atoms with Crippen molar-refractivity contribution in [2.24, 2.45) is 4.40 Å². The van der Waals surface area contributed by atoms with Gasteiger partial charge in [-0.1, -0.05) is 36.8 Å². The SMILES string of the molecule is CC([O-])=C1C=CC(=NS(=O)(=O)c2c(C)cc(C)cc2C)C=C1. The summed E-state index contributed by atoms with van der Waals surface area (Å²) in [6.45, 7) is 6.92. The molecule has 22 heavy (non-hydrogen) atoms. The Bertz CT molecular complexity index is 796. The van der Waals surface area contributed by atoms with Crippen molar-refractivity contribution >= 4 is 15.7 Å². The van der Waals surface area contributed by atoms with Gasteiger partial charge in [0.2, 0.25) is 0 Å². The molecule has 1 aromatic rings. The van der Waals surface area contributed by atoms with Crippen molar-refractivity contribution in [3.05, 3.63) is 64.5 Å². The average Bonchev–Trinajstić information content (AvgIpc) is 2.36. The lowest BCUT2D eigenvalue weighted by Crippen LogP contribution is -2.08. The van der Waals surface area contributed by atoms with E-state index in [1.807, 2.05) is 19.1 Å². The molecule has 0 aromatic heterocycles. The van der Waals surface area contributed by atoms with Crippen LogP contribution in [0.5, 0.6) is 0 Å². The smallest absolute Gasteiger partial charge is 0.283 e. The molecule has 0 saturated heterocycles.